The van der Waals surface area contributed by atoms with Gasteiger partial charge < -0.3 is 20.4 Å². The first-order valence-electron chi connectivity index (χ1n) is 7.48. The highest BCUT2D eigenvalue weighted by molar-refractivity contribution is 5.76. The molecule has 2 saturated carbocycles. The van der Waals surface area contributed by atoms with E-state index in [0.29, 0.717) is 31.8 Å². The Morgan fingerprint density at radius 1 is 1.05 bits per heavy atom. The van der Waals surface area contributed by atoms with Gasteiger partial charge in [0, 0.05) is 6.04 Å². The molecule has 0 aromatic heterocycles. The van der Waals surface area contributed by atoms with Gasteiger partial charge in [-0.25, -0.2) is 4.79 Å². The van der Waals surface area contributed by atoms with Crippen LogP contribution >= 0.6 is 0 Å². The van der Waals surface area contributed by atoms with Gasteiger partial charge in [-0.1, -0.05) is 0 Å². The lowest BCUT2D eigenvalue weighted by atomic mass is 9.86. The van der Waals surface area contributed by atoms with Crippen molar-refractivity contribution in [2.24, 2.45) is 11.8 Å². The second-order valence-corrected chi connectivity index (χ2v) is 6.57. The molecule has 0 unspecified atom stereocenters. The molecule has 0 aromatic rings. The molecular formula is C14H22N2O4. The number of amides is 2. The van der Waals surface area contributed by atoms with Crippen LogP contribution in [0.2, 0.25) is 0 Å². The van der Waals surface area contributed by atoms with Gasteiger partial charge in [0.2, 0.25) is 0 Å². The van der Waals surface area contributed by atoms with Crippen molar-refractivity contribution in [3.05, 3.63) is 0 Å². The maximum atomic E-state index is 12.0. The lowest BCUT2D eigenvalue weighted by molar-refractivity contribution is -0.142. The molecule has 3 aliphatic rings. The molecule has 112 valence electrons. The van der Waals surface area contributed by atoms with Gasteiger partial charge in [0.25, 0.3) is 0 Å². The summed E-state index contributed by atoms with van der Waals surface area (Å²) in [7, 11) is 0. The molecule has 0 spiro atoms. The number of nitrogens with zero attached hydrogens (tertiary/aromatic N) is 1. The minimum Gasteiger partial charge on any atom is -0.481 e. The summed E-state index contributed by atoms with van der Waals surface area (Å²) in [6.45, 7) is 0.877. The van der Waals surface area contributed by atoms with Crippen molar-refractivity contribution < 1.29 is 19.8 Å². The fourth-order valence-electron chi connectivity index (χ4n) is 3.39. The third kappa shape index (κ3) is 2.61. The summed E-state index contributed by atoms with van der Waals surface area (Å²) in [4.78, 5) is 24.5. The van der Waals surface area contributed by atoms with E-state index in [1.807, 2.05) is 0 Å². The van der Waals surface area contributed by atoms with Crippen molar-refractivity contribution in [3.63, 3.8) is 0 Å². The molecule has 1 heterocycles. The number of rotatable bonds is 3. The second-order valence-electron chi connectivity index (χ2n) is 6.57. The van der Waals surface area contributed by atoms with E-state index in [2.05, 4.69) is 5.32 Å². The Kier molecular flexibility index (Phi) is 3.36. The highest BCUT2D eigenvalue weighted by Crippen LogP contribution is 2.44. The number of likely N-dealkylation sites (tertiary alicyclic amines) is 1. The Labute approximate surface area is 118 Å². The second kappa shape index (κ2) is 4.91. The van der Waals surface area contributed by atoms with Crippen LogP contribution in [0.5, 0.6) is 0 Å². The largest absolute Gasteiger partial charge is 0.481 e. The zero-order chi connectivity index (χ0) is 14.3. The molecule has 0 bridgehead atoms. The summed E-state index contributed by atoms with van der Waals surface area (Å²) in [5, 5.41) is 22.1. The van der Waals surface area contributed by atoms with Gasteiger partial charge in [-0.3, -0.25) is 4.79 Å². The van der Waals surface area contributed by atoms with Crippen LogP contribution < -0.4 is 5.32 Å². The van der Waals surface area contributed by atoms with Crippen molar-refractivity contribution in [2.45, 2.75) is 50.2 Å². The van der Waals surface area contributed by atoms with Crippen molar-refractivity contribution in [1.29, 1.82) is 0 Å². The molecular weight excluding hydrogens is 260 g/mol. The summed E-state index contributed by atoms with van der Waals surface area (Å²) in [5.74, 6) is -0.600. The number of carbonyl (C=O) groups is 2. The van der Waals surface area contributed by atoms with Gasteiger partial charge in [0.1, 0.15) is 5.60 Å². The SMILES string of the molecule is O=C(O)C1CCC(NC(=O)N2CC(O)(C3CC3)C2)CC1. The number of hydrogen-bond donors (Lipinski definition) is 3. The van der Waals surface area contributed by atoms with Crippen LogP contribution in [0.25, 0.3) is 0 Å². The van der Waals surface area contributed by atoms with Crippen LogP contribution in [0.1, 0.15) is 38.5 Å². The predicted molar refractivity (Wildman–Crippen MR) is 71.2 cm³/mol. The van der Waals surface area contributed by atoms with Crippen LogP contribution in [0, 0.1) is 11.8 Å². The Morgan fingerprint density at radius 2 is 1.65 bits per heavy atom. The van der Waals surface area contributed by atoms with E-state index in [1.165, 1.54) is 0 Å². The summed E-state index contributed by atoms with van der Waals surface area (Å²) in [6.07, 6.45) is 4.86. The molecule has 2 aliphatic carbocycles. The first-order chi connectivity index (χ1) is 9.48. The van der Waals surface area contributed by atoms with Crippen LogP contribution in [-0.4, -0.2) is 51.8 Å². The van der Waals surface area contributed by atoms with E-state index >= 15 is 0 Å². The summed E-state index contributed by atoms with van der Waals surface area (Å²) >= 11 is 0. The number of aliphatic carboxylic acids is 1. The number of carboxylic acid groups (broad SMARTS) is 1. The fraction of sp³-hybridized carbons (Fsp3) is 0.857. The maximum absolute atomic E-state index is 12.0. The van der Waals surface area contributed by atoms with Crippen LogP contribution in [0.3, 0.4) is 0 Å². The molecule has 0 aromatic carbocycles. The smallest absolute Gasteiger partial charge is 0.317 e. The zero-order valence-corrected chi connectivity index (χ0v) is 11.5. The highest BCUT2D eigenvalue weighted by Gasteiger charge is 2.53. The molecule has 6 nitrogen and oxygen atoms in total. The highest BCUT2D eigenvalue weighted by atomic mass is 16.4. The third-order valence-corrected chi connectivity index (χ3v) is 4.96. The molecule has 6 heteroatoms. The van der Waals surface area contributed by atoms with Gasteiger partial charge in [-0.05, 0) is 44.4 Å². The number of aliphatic hydroxyl groups is 1. The average Bonchev–Trinajstić information content (AvgIpc) is 3.20. The number of urea groups is 1. The molecule has 0 radical (unpaired) electrons. The Bertz CT molecular complexity index is 407. The quantitative estimate of drug-likeness (QED) is 0.714. The molecule has 3 N–H and O–H groups in total. The molecule has 20 heavy (non-hydrogen) atoms. The molecule has 1 aliphatic heterocycles. The van der Waals surface area contributed by atoms with E-state index in [9.17, 15) is 14.7 Å². The molecule has 2 amide bonds. The van der Waals surface area contributed by atoms with Crippen molar-refractivity contribution in [2.75, 3.05) is 13.1 Å². The predicted octanol–water partition coefficient (Wildman–Crippen LogP) is 0.796. The Balaban J connectivity index is 1.41. The zero-order valence-electron chi connectivity index (χ0n) is 11.5. The number of nitrogens with one attached hydrogen (secondary N) is 1. The summed E-state index contributed by atoms with van der Waals surface area (Å²) < 4.78 is 0. The average molecular weight is 282 g/mol. The minimum absolute atomic E-state index is 0.0766. The van der Waals surface area contributed by atoms with E-state index in [1.54, 1.807) is 4.90 Å². The van der Waals surface area contributed by atoms with E-state index in [0.717, 1.165) is 25.7 Å². The number of carboxylic acids is 1. The first kappa shape index (κ1) is 13.7. The van der Waals surface area contributed by atoms with Gasteiger partial charge in [-0.2, -0.15) is 0 Å². The molecule has 3 rings (SSSR count). The number of β-amino-alcohol motifs (C(OH)–C–C–N with tert-alkyl or cyclic N) is 1. The monoisotopic (exact) mass is 282 g/mol. The lowest BCUT2D eigenvalue weighted by Crippen LogP contribution is -2.67. The fourth-order valence-corrected chi connectivity index (χ4v) is 3.39. The minimum atomic E-state index is -0.730. The normalized spacial score (nSPS) is 32.4. The first-order valence-corrected chi connectivity index (χ1v) is 7.48. The number of carbonyl (C=O) groups excluding carboxylic acids is 1. The lowest BCUT2D eigenvalue weighted by Gasteiger charge is -2.47. The van der Waals surface area contributed by atoms with Crippen molar-refractivity contribution in [1.82, 2.24) is 10.2 Å². The van der Waals surface area contributed by atoms with Gasteiger partial charge in [-0.15, -0.1) is 0 Å². The van der Waals surface area contributed by atoms with E-state index < -0.39 is 11.6 Å². The van der Waals surface area contributed by atoms with Gasteiger partial charge >= 0.3 is 12.0 Å². The van der Waals surface area contributed by atoms with Crippen molar-refractivity contribution >= 4 is 12.0 Å². The molecule has 1 saturated heterocycles. The van der Waals surface area contributed by atoms with Crippen LogP contribution in [0.4, 0.5) is 4.79 Å². The maximum Gasteiger partial charge on any atom is 0.317 e. The molecule has 3 fully saturated rings. The van der Waals surface area contributed by atoms with E-state index in [-0.39, 0.29) is 18.0 Å². The van der Waals surface area contributed by atoms with Crippen LogP contribution in [-0.2, 0) is 4.79 Å². The van der Waals surface area contributed by atoms with E-state index in [4.69, 9.17) is 5.11 Å². The van der Waals surface area contributed by atoms with Gasteiger partial charge in [0.15, 0.2) is 0 Å². The van der Waals surface area contributed by atoms with Gasteiger partial charge in [0.05, 0.1) is 19.0 Å². The number of hydrogen-bond acceptors (Lipinski definition) is 3. The Morgan fingerprint density at radius 3 is 2.15 bits per heavy atom. The molecule has 0 atom stereocenters. The summed E-state index contributed by atoms with van der Waals surface area (Å²) in [5.41, 5.74) is -0.641. The topological polar surface area (TPSA) is 89.9 Å². The third-order valence-electron chi connectivity index (χ3n) is 4.96. The Hall–Kier alpha value is -1.30. The van der Waals surface area contributed by atoms with Crippen molar-refractivity contribution in [3.8, 4) is 0 Å². The van der Waals surface area contributed by atoms with Crippen LogP contribution in [0.15, 0.2) is 0 Å². The summed E-state index contributed by atoms with van der Waals surface area (Å²) in [6, 6.07) is -0.0400. The standard InChI is InChI=1S/C14H22N2O4/c17-12(18)9-1-5-11(6-2-9)15-13(19)16-7-14(20,8-16)10-3-4-10/h9-11,20H,1-8H2,(H,15,19)(H,17,18).